The second-order valence-electron chi connectivity index (χ2n) is 3.28. The number of aromatic nitrogens is 1. The highest BCUT2D eigenvalue weighted by atomic mass is 35.7. The van der Waals surface area contributed by atoms with Crippen molar-refractivity contribution >= 4 is 31.1 Å². The summed E-state index contributed by atoms with van der Waals surface area (Å²) in [6.07, 6.45) is 0. The van der Waals surface area contributed by atoms with Crippen molar-refractivity contribution in [1.82, 2.24) is 5.16 Å². The third-order valence-electron chi connectivity index (χ3n) is 1.86. The van der Waals surface area contributed by atoms with Crippen molar-refractivity contribution in [1.29, 1.82) is 0 Å². The van der Waals surface area contributed by atoms with E-state index >= 15 is 0 Å². The van der Waals surface area contributed by atoms with Crippen LogP contribution in [0.1, 0.15) is 10.6 Å². The Balaban J connectivity index is 2.26. The molecule has 2 rings (SSSR count). The quantitative estimate of drug-likeness (QED) is 0.810. The van der Waals surface area contributed by atoms with Gasteiger partial charge in [0, 0.05) is 21.6 Å². The number of aryl methyl sites for hydroxylation is 1. The van der Waals surface area contributed by atoms with Gasteiger partial charge in [-0.3, -0.25) is 0 Å². The van der Waals surface area contributed by atoms with E-state index in [0.717, 1.165) is 9.75 Å². The third kappa shape index (κ3) is 2.84. The highest BCUT2D eigenvalue weighted by molar-refractivity contribution is 8.13. The molecule has 0 amide bonds. The highest BCUT2D eigenvalue weighted by Crippen LogP contribution is 2.28. The second-order valence-corrected chi connectivity index (χ2v) is 7.34. The number of nitrogens with zero attached hydrogens (tertiary/aromatic N) is 1. The van der Waals surface area contributed by atoms with Crippen LogP contribution in [0, 0.1) is 6.92 Å². The molecule has 0 unspecified atom stereocenters. The molecule has 0 aliphatic heterocycles. The van der Waals surface area contributed by atoms with Gasteiger partial charge < -0.3 is 4.52 Å². The van der Waals surface area contributed by atoms with Gasteiger partial charge in [-0.25, -0.2) is 8.42 Å². The summed E-state index contributed by atoms with van der Waals surface area (Å²) in [6.45, 7) is 1.98. The molecule has 2 heterocycles. The first-order valence-electron chi connectivity index (χ1n) is 4.39. The summed E-state index contributed by atoms with van der Waals surface area (Å²) in [5.74, 6) is 0.246. The van der Waals surface area contributed by atoms with E-state index in [0.29, 0.717) is 11.5 Å². The van der Waals surface area contributed by atoms with Crippen LogP contribution in [0.15, 0.2) is 22.7 Å². The summed E-state index contributed by atoms with van der Waals surface area (Å²) in [5, 5.41) is 3.66. The van der Waals surface area contributed by atoms with E-state index in [4.69, 9.17) is 15.2 Å². The van der Waals surface area contributed by atoms with Crippen molar-refractivity contribution in [2.45, 2.75) is 12.7 Å². The van der Waals surface area contributed by atoms with Crippen molar-refractivity contribution in [3.8, 4) is 10.6 Å². The molecular formula is C9H8ClNO3S2. The Labute approximate surface area is 101 Å². The Kier molecular flexibility index (Phi) is 3.05. The first-order chi connectivity index (χ1) is 7.44. The fourth-order valence-corrected chi connectivity index (χ4v) is 2.88. The number of thiophene rings is 1. The number of hydrogen-bond acceptors (Lipinski definition) is 5. The third-order valence-corrected chi connectivity index (χ3v) is 3.85. The Morgan fingerprint density at radius 3 is 2.81 bits per heavy atom. The summed E-state index contributed by atoms with van der Waals surface area (Å²) >= 11 is 1.56. The van der Waals surface area contributed by atoms with Gasteiger partial charge in [-0.1, -0.05) is 5.16 Å². The summed E-state index contributed by atoms with van der Waals surface area (Å²) in [4.78, 5) is 2.07. The normalized spacial score (nSPS) is 11.9. The lowest BCUT2D eigenvalue weighted by Crippen LogP contribution is -1.94. The van der Waals surface area contributed by atoms with Crippen LogP contribution >= 0.6 is 22.0 Å². The number of halogens is 1. The van der Waals surface area contributed by atoms with Crippen molar-refractivity contribution in [3.63, 3.8) is 0 Å². The second kappa shape index (κ2) is 4.20. The smallest absolute Gasteiger partial charge is 0.238 e. The summed E-state index contributed by atoms with van der Waals surface area (Å²) < 4.78 is 26.7. The molecule has 0 spiro atoms. The molecule has 0 fully saturated rings. The van der Waals surface area contributed by atoms with E-state index in [1.165, 1.54) is 0 Å². The molecular weight excluding hydrogens is 270 g/mol. The minimum Gasteiger partial charge on any atom is -0.355 e. The van der Waals surface area contributed by atoms with Crippen LogP contribution in [0.4, 0.5) is 0 Å². The van der Waals surface area contributed by atoms with Crippen LogP contribution in [0.25, 0.3) is 10.6 Å². The van der Waals surface area contributed by atoms with Crippen LogP contribution < -0.4 is 0 Å². The Hall–Kier alpha value is -0.850. The maximum absolute atomic E-state index is 10.8. The van der Waals surface area contributed by atoms with Gasteiger partial charge in [-0.2, -0.15) is 0 Å². The van der Waals surface area contributed by atoms with E-state index in [9.17, 15) is 8.42 Å². The molecule has 0 bridgehead atoms. The fraction of sp³-hybridized carbons (Fsp3) is 0.222. The summed E-state index contributed by atoms with van der Waals surface area (Å²) in [5.41, 5.74) is 0.316. The van der Waals surface area contributed by atoms with E-state index in [-0.39, 0.29) is 5.75 Å². The Morgan fingerprint density at radius 2 is 2.25 bits per heavy atom. The molecule has 0 radical (unpaired) electrons. The monoisotopic (exact) mass is 277 g/mol. The van der Waals surface area contributed by atoms with Crippen LogP contribution in [-0.4, -0.2) is 13.6 Å². The maximum Gasteiger partial charge on any atom is 0.238 e. The van der Waals surface area contributed by atoms with Gasteiger partial charge in [0.25, 0.3) is 0 Å². The van der Waals surface area contributed by atoms with Crippen molar-refractivity contribution in [2.75, 3.05) is 0 Å². The predicted molar refractivity (Wildman–Crippen MR) is 63.0 cm³/mol. The van der Waals surface area contributed by atoms with Crippen LogP contribution in [0.2, 0.25) is 0 Å². The minimum absolute atomic E-state index is 0.316. The van der Waals surface area contributed by atoms with Gasteiger partial charge in [0.15, 0.2) is 5.76 Å². The molecule has 7 heteroatoms. The largest absolute Gasteiger partial charge is 0.355 e. The number of rotatable bonds is 3. The molecule has 16 heavy (non-hydrogen) atoms. The topological polar surface area (TPSA) is 60.2 Å². The van der Waals surface area contributed by atoms with Gasteiger partial charge in [0.2, 0.25) is 9.05 Å². The van der Waals surface area contributed by atoms with Gasteiger partial charge in [-0.05, 0) is 19.1 Å². The minimum atomic E-state index is -3.59. The summed E-state index contributed by atoms with van der Waals surface area (Å²) in [6, 6.07) is 5.45. The first-order valence-corrected chi connectivity index (χ1v) is 7.68. The number of hydrogen-bond donors (Lipinski definition) is 0. The molecule has 4 nitrogen and oxygen atoms in total. The lowest BCUT2D eigenvalue weighted by molar-refractivity contribution is 0.426. The average Bonchev–Trinajstić information content (AvgIpc) is 2.71. The molecule has 86 valence electrons. The molecule has 0 aliphatic rings. The van der Waals surface area contributed by atoms with E-state index in [2.05, 4.69) is 5.16 Å². The van der Waals surface area contributed by atoms with E-state index in [1.54, 1.807) is 17.4 Å². The molecule has 0 saturated carbocycles. The standard InChI is InChI=1S/C9H8ClNO3S2/c1-6-2-3-9(15-6)8-4-7(11-14-8)5-16(10,12)13/h2-4H,5H2,1H3. The molecule has 0 atom stereocenters. The van der Waals surface area contributed by atoms with Crippen molar-refractivity contribution < 1.29 is 12.9 Å². The van der Waals surface area contributed by atoms with Gasteiger partial charge in [-0.15, -0.1) is 11.3 Å². The summed E-state index contributed by atoms with van der Waals surface area (Å²) in [7, 11) is 1.53. The van der Waals surface area contributed by atoms with Crippen molar-refractivity contribution in [3.05, 3.63) is 28.8 Å². The van der Waals surface area contributed by atoms with Crippen LogP contribution in [-0.2, 0) is 14.8 Å². The van der Waals surface area contributed by atoms with Gasteiger partial charge in [0.1, 0.15) is 11.4 Å². The van der Waals surface area contributed by atoms with Crippen LogP contribution in [0.5, 0.6) is 0 Å². The molecule has 0 aromatic carbocycles. The Bertz CT molecular complexity index is 600. The van der Waals surface area contributed by atoms with E-state index < -0.39 is 9.05 Å². The molecule has 0 saturated heterocycles. The zero-order valence-corrected chi connectivity index (χ0v) is 10.7. The first kappa shape index (κ1) is 11.6. The molecule has 2 aromatic heterocycles. The van der Waals surface area contributed by atoms with Crippen LogP contribution in [0.3, 0.4) is 0 Å². The zero-order valence-electron chi connectivity index (χ0n) is 8.31. The highest BCUT2D eigenvalue weighted by Gasteiger charge is 2.13. The average molecular weight is 278 g/mol. The van der Waals surface area contributed by atoms with E-state index in [1.807, 2.05) is 19.1 Å². The maximum atomic E-state index is 10.8. The zero-order chi connectivity index (χ0) is 11.8. The van der Waals surface area contributed by atoms with Gasteiger partial charge >= 0.3 is 0 Å². The lowest BCUT2D eigenvalue weighted by atomic mass is 10.3. The Morgan fingerprint density at radius 1 is 1.50 bits per heavy atom. The van der Waals surface area contributed by atoms with Gasteiger partial charge in [0.05, 0.1) is 4.88 Å². The molecule has 2 aromatic rings. The lowest BCUT2D eigenvalue weighted by Gasteiger charge is -1.86. The van der Waals surface area contributed by atoms with Crippen molar-refractivity contribution in [2.24, 2.45) is 0 Å². The predicted octanol–water partition coefficient (Wildman–Crippen LogP) is 2.78. The fourth-order valence-electron chi connectivity index (χ4n) is 1.24. The SMILES string of the molecule is Cc1ccc(-c2cc(CS(=O)(=O)Cl)no2)s1. The molecule has 0 N–H and O–H groups in total. The molecule has 0 aliphatic carbocycles.